The normalized spacial score (nSPS) is 10.8. The molecule has 3 N–H and O–H groups in total. The summed E-state index contributed by atoms with van der Waals surface area (Å²) in [6, 6.07) is 2.99. The highest BCUT2D eigenvalue weighted by molar-refractivity contribution is 5.85. The van der Waals surface area contributed by atoms with Gasteiger partial charge in [-0.15, -0.1) is 10.2 Å². The van der Waals surface area contributed by atoms with Crippen LogP contribution in [-0.2, 0) is 0 Å². The topological polar surface area (TPSA) is 116 Å². The highest BCUT2D eigenvalue weighted by Crippen LogP contribution is 2.18. The molecule has 0 atom stereocenters. The van der Waals surface area contributed by atoms with Gasteiger partial charge < -0.3 is 10.8 Å². The molecule has 0 aliphatic heterocycles. The van der Waals surface area contributed by atoms with Crippen LogP contribution in [0.25, 0.3) is 16.9 Å². The fraction of sp³-hybridized carbons (Fsp3) is 0. The molecule has 0 spiro atoms. The number of hydrogen-bond donors (Lipinski definition) is 2. The van der Waals surface area contributed by atoms with E-state index in [1.165, 1.54) is 17.1 Å². The van der Waals surface area contributed by atoms with E-state index < -0.39 is 0 Å². The van der Waals surface area contributed by atoms with Crippen molar-refractivity contribution >= 4 is 16.9 Å². The zero-order chi connectivity index (χ0) is 11.8. The van der Waals surface area contributed by atoms with E-state index in [0.29, 0.717) is 22.7 Å². The van der Waals surface area contributed by atoms with Gasteiger partial charge in [0.05, 0.1) is 11.6 Å². The highest BCUT2D eigenvalue weighted by Gasteiger charge is 2.10. The average Bonchev–Trinajstić information content (AvgIpc) is 2.75. The molecule has 0 saturated heterocycles. The molecular formula is C9H7N7O. The Balaban J connectivity index is 2.24. The summed E-state index contributed by atoms with van der Waals surface area (Å²) in [5, 5.41) is 21.1. The van der Waals surface area contributed by atoms with Crippen LogP contribution in [-0.4, -0.2) is 35.1 Å². The SMILES string of the molecule is Nc1ncnc2c1cnn2-c1ccc(O)nn1. The zero-order valence-corrected chi connectivity index (χ0v) is 8.52. The van der Waals surface area contributed by atoms with Crippen LogP contribution in [0, 0.1) is 0 Å². The maximum absolute atomic E-state index is 9.06. The van der Waals surface area contributed by atoms with Gasteiger partial charge >= 0.3 is 0 Å². The van der Waals surface area contributed by atoms with E-state index in [4.69, 9.17) is 10.8 Å². The van der Waals surface area contributed by atoms with E-state index >= 15 is 0 Å². The third-order valence-corrected chi connectivity index (χ3v) is 2.25. The van der Waals surface area contributed by atoms with Gasteiger partial charge in [-0.1, -0.05) is 0 Å². The second-order valence-corrected chi connectivity index (χ2v) is 3.30. The molecule has 3 aromatic heterocycles. The quantitative estimate of drug-likeness (QED) is 0.598. The van der Waals surface area contributed by atoms with E-state index in [0.717, 1.165) is 0 Å². The Labute approximate surface area is 94.8 Å². The van der Waals surface area contributed by atoms with E-state index in [1.54, 1.807) is 12.3 Å². The van der Waals surface area contributed by atoms with Crippen LogP contribution in [0.3, 0.4) is 0 Å². The Morgan fingerprint density at radius 3 is 2.82 bits per heavy atom. The van der Waals surface area contributed by atoms with Crippen molar-refractivity contribution < 1.29 is 5.11 Å². The maximum atomic E-state index is 9.06. The van der Waals surface area contributed by atoms with Gasteiger partial charge in [-0.3, -0.25) is 0 Å². The fourth-order valence-corrected chi connectivity index (χ4v) is 1.46. The van der Waals surface area contributed by atoms with Crippen LogP contribution < -0.4 is 5.73 Å². The molecule has 0 aliphatic rings. The van der Waals surface area contributed by atoms with Gasteiger partial charge in [-0.25, -0.2) is 9.97 Å². The predicted octanol–water partition coefficient (Wildman–Crippen LogP) is -0.107. The van der Waals surface area contributed by atoms with Crippen molar-refractivity contribution in [2.45, 2.75) is 0 Å². The molecule has 0 aliphatic carbocycles. The Kier molecular flexibility index (Phi) is 1.87. The van der Waals surface area contributed by atoms with Gasteiger partial charge in [-0.05, 0) is 6.07 Å². The van der Waals surface area contributed by atoms with Crippen molar-refractivity contribution in [3.8, 4) is 11.7 Å². The lowest BCUT2D eigenvalue weighted by atomic mass is 10.4. The molecule has 3 heterocycles. The molecule has 0 saturated carbocycles. The number of fused-ring (bicyclic) bond motifs is 1. The third kappa shape index (κ3) is 1.42. The molecule has 0 aromatic carbocycles. The van der Waals surface area contributed by atoms with Gasteiger partial charge in [0.15, 0.2) is 11.5 Å². The summed E-state index contributed by atoms with van der Waals surface area (Å²) in [4.78, 5) is 7.95. The lowest BCUT2D eigenvalue weighted by molar-refractivity contribution is 0.444. The number of anilines is 1. The first kappa shape index (κ1) is 9.46. The smallest absolute Gasteiger partial charge is 0.231 e. The summed E-state index contributed by atoms with van der Waals surface area (Å²) in [5.41, 5.74) is 6.23. The predicted molar refractivity (Wildman–Crippen MR) is 58.3 cm³/mol. The standard InChI is InChI=1S/C9H7N7O/c10-8-5-3-13-16(9(5)12-4-11-8)6-1-2-7(17)15-14-6/h1-4H,(H,15,17)(H2,10,11,12). The van der Waals surface area contributed by atoms with Crippen LogP contribution in [0.1, 0.15) is 0 Å². The molecule has 0 fully saturated rings. The molecule has 0 radical (unpaired) electrons. The van der Waals surface area contributed by atoms with Crippen LogP contribution in [0.2, 0.25) is 0 Å². The molecule has 8 heteroatoms. The molecule has 0 bridgehead atoms. The molecule has 84 valence electrons. The average molecular weight is 229 g/mol. The van der Waals surface area contributed by atoms with Gasteiger partial charge in [0.1, 0.15) is 12.1 Å². The van der Waals surface area contributed by atoms with E-state index in [2.05, 4.69) is 25.3 Å². The van der Waals surface area contributed by atoms with E-state index in [9.17, 15) is 0 Å². The van der Waals surface area contributed by atoms with Gasteiger partial charge in [0.25, 0.3) is 0 Å². The fourth-order valence-electron chi connectivity index (χ4n) is 1.46. The molecular weight excluding hydrogens is 222 g/mol. The lowest BCUT2D eigenvalue weighted by Gasteiger charge is -2.00. The first-order chi connectivity index (χ1) is 8.25. The molecule has 0 amide bonds. The number of nitrogens with two attached hydrogens (primary N) is 1. The van der Waals surface area contributed by atoms with Gasteiger partial charge in [-0.2, -0.15) is 9.78 Å². The van der Waals surface area contributed by atoms with Crippen molar-refractivity contribution in [3.63, 3.8) is 0 Å². The summed E-state index contributed by atoms with van der Waals surface area (Å²) in [5.74, 6) is 0.642. The number of nitrogen functional groups attached to an aromatic ring is 1. The first-order valence-corrected chi connectivity index (χ1v) is 4.73. The van der Waals surface area contributed by atoms with Crippen LogP contribution in [0.4, 0.5) is 5.82 Å². The molecule has 17 heavy (non-hydrogen) atoms. The van der Waals surface area contributed by atoms with E-state index in [-0.39, 0.29) is 5.88 Å². The van der Waals surface area contributed by atoms with Crippen molar-refractivity contribution in [3.05, 3.63) is 24.7 Å². The Hall–Kier alpha value is -2.77. The van der Waals surface area contributed by atoms with E-state index in [1.807, 2.05) is 0 Å². The van der Waals surface area contributed by atoms with Crippen molar-refractivity contribution in [1.29, 1.82) is 0 Å². The van der Waals surface area contributed by atoms with Crippen LogP contribution >= 0.6 is 0 Å². The minimum absolute atomic E-state index is 0.153. The summed E-state index contributed by atoms with van der Waals surface area (Å²) in [6.07, 6.45) is 2.91. The summed E-state index contributed by atoms with van der Waals surface area (Å²) in [6.45, 7) is 0. The first-order valence-electron chi connectivity index (χ1n) is 4.73. The monoisotopic (exact) mass is 229 g/mol. The molecule has 3 aromatic rings. The van der Waals surface area contributed by atoms with Crippen LogP contribution in [0.5, 0.6) is 5.88 Å². The second kappa shape index (κ2) is 3.37. The van der Waals surface area contributed by atoms with Crippen molar-refractivity contribution in [2.75, 3.05) is 5.73 Å². The zero-order valence-electron chi connectivity index (χ0n) is 8.52. The Morgan fingerprint density at radius 1 is 1.18 bits per heavy atom. The number of aromatic hydroxyl groups is 1. The highest BCUT2D eigenvalue weighted by atomic mass is 16.3. The van der Waals surface area contributed by atoms with Crippen molar-refractivity contribution in [1.82, 2.24) is 29.9 Å². The number of aromatic nitrogens is 6. The molecule has 8 nitrogen and oxygen atoms in total. The second-order valence-electron chi connectivity index (χ2n) is 3.30. The minimum Gasteiger partial charge on any atom is -0.492 e. The largest absolute Gasteiger partial charge is 0.492 e. The maximum Gasteiger partial charge on any atom is 0.231 e. The summed E-state index contributed by atoms with van der Waals surface area (Å²) < 4.78 is 1.47. The van der Waals surface area contributed by atoms with Crippen molar-refractivity contribution in [2.24, 2.45) is 0 Å². The third-order valence-electron chi connectivity index (χ3n) is 2.25. The number of hydrogen-bond acceptors (Lipinski definition) is 7. The summed E-state index contributed by atoms with van der Waals surface area (Å²) >= 11 is 0. The minimum atomic E-state index is -0.153. The Bertz CT molecular complexity index is 675. The van der Waals surface area contributed by atoms with Gasteiger partial charge in [0, 0.05) is 6.07 Å². The number of rotatable bonds is 1. The summed E-state index contributed by atoms with van der Waals surface area (Å²) in [7, 11) is 0. The Morgan fingerprint density at radius 2 is 2.06 bits per heavy atom. The molecule has 3 rings (SSSR count). The lowest BCUT2D eigenvalue weighted by Crippen LogP contribution is -2.02. The molecule has 0 unspecified atom stereocenters. The van der Waals surface area contributed by atoms with Crippen LogP contribution in [0.15, 0.2) is 24.7 Å². The van der Waals surface area contributed by atoms with Gasteiger partial charge in [0.2, 0.25) is 5.88 Å². The number of nitrogens with zero attached hydrogens (tertiary/aromatic N) is 6.